The number of benzene rings is 1. The molecule has 6 nitrogen and oxygen atoms in total. The van der Waals surface area contributed by atoms with Crippen LogP contribution < -0.4 is 5.32 Å². The highest BCUT2D eigenvalue weighted by Gasteiger charge is 2.12. The number of thioether (sulfide) groups is 1. The number of carbonyl (C=O) groups excluding carboxylic acids is 1. The van der Waals surface area contributed by atoms with Crippen molar-refractivity contribution < 1.29 is 9.32 Å². The van der Waals surface area contributed by atoms with Crippen molar-refractivity contribution in [1.29, 1.82) is 0 Å². The Morgan fingerprint density at radius 3 is 2.89 bits per heavy atom. The van der Waals surface area contributed by atoms with Gasteiger partial charge < -0.3 is 9.84 Å². The van der Waals surface area contributed by atoms with E-state index in [1.54, 1.807) is 18.3 Å². The Bertz CT molecular complexity index is 929. The number of hydrogen-bond acceptors (Lipinski definition) is 6. The largest absolute Gasteiger partial charge is 0.351 e. The predicted molar refractivity (Wildman–Crippen MR) is 106 cm³/mol. The van der Waals surface area contributed by atoms with Crippen LogP contribution in [0.2, 0.25) is 5.02 Å². The van der Waals surface area contributed by atoms with Crippen LogP contribution in [-0.2, 0) is 11.3 Å². The fourth-order valence-electron chi connectivity index (χ4n) is 2.25. The Hall–Kier alpha value is -2.38. The molecular formula is C19H19ClN4O2S. The first-order valence-electron chi connectivity index (χ1n) is 8.45. The van der Waals surface area contributed by atoms with E-state index in [0.717, 1.165) is 16.2 Å². The molecule has 2 aromatic heterocycles. The Morgan fingerprint density at radius 1 is 1.30 bits per heavy atom. The van der Waals surface area contributed by atoms with E-state index < -0.39 is 0 Å². The van der Waals surface area contributed by atoms with E-state index in [1.165, 1.54) is 11.8 Å². The first-order valence-corrected chi connectivity index (χ1v) is 9.81. The van der Waals surface area contributed by atoms with Crippen LogP contribution in [0.1, 0.15) is 31.2 Å². The van der Waals surface area contributed by atoms with Gasteiger partial charge in [-0.3, -0.25) is 4.79 Å². The van der Waals surface area contributed by atoms with E-state index in [2.05, 4.69) is 20.4 Å². The number of carbonyl (C=O) groups is 1. The highest BCUT2D eigenvalue weighted by atomic mass is 35.5. The summed E-state index contributed by atoms with van der Waals surface area (Å²) in [6.07, 6.45) is 1.67. The molecule has 8 heteroatoms. The standard InChI is InChI=1S/C19H19ClN4O2S/c1-12(2)18-23-19(26-24-18)14-6-7-21-17(9-14)27-11-16(25)22-10-13-4-3-5-15(20)8-13/h3-9,12H,10-11H2,1-2H3,(H,22,25). The Balaban J connectivity index is 1.55. The van der Waals surface area contributed by atoms with Gasteiger partial charge in [-0.15, -0.1) is 0 Å². The van der Waals surface area contributed by atoms with Crippen molar-refractivity contribution in [2.24, 2.45) is 0 Å². The second-order valence-corrected chi connectivity index (χ2v) is 7.62. The molecule has 3 rings (SSSR count). The predicted octanol–water partition coefficient (Wildman–Crippen LogP) is 4.32. The van der Waals surface area contributed by atoms with Gasteiger partial charge in [0, 0.05) is 29.2 Å². The average Bonchev–Trinajstić information content (AvgIpc) is 3.16. The molecule has 0 saturated heterocycles. The molecule has 140 valence electrons. The van der Waals surface area contributed by atoms with Gasteiger partial charge in [0.25, 0.3) is 5.89 Å². The summed E-state index contributed by atoms with van der Waals surface area (Å²) in [4.78, 5) is 20.7. The van der Waals surface area contributed by atoms with Crippen LogP contribution in [0.3, 0.4) is 0 Å². The molecule has 2 heterocycles. The highest BCUT2D eigenvalue weighted by Crippen LogP contribution is 2.24. The smallest absolute Gasteiger partial charge is 0.258 e. The molecule has 1 amide bonds. The Labute approximate surface area is 166 Å². The third-order valence-corrected chi connectivity index (χ3v) is 4.83. The molecule has 1 N–H and O–H groups in total. The van der Waals surface area contributed by atoms with Gasteiger partial charge in [0.2, 0.25) is 5.91 Å². The van der Waals surface area contributed by atoms with E-state index in [9.17, 15) is 4.79 Å². The summed E-state index contributed by atoms with van der Waals surface area (Å²) < 4.78 is 5.30. The second-order valence-electron chi connectivity index (χ2n) is 6.19. The van der Waals surface area contributed by atoms with Crippen molar-refractivity contribution >= 4 is 29.3 Å². The van der Waals surface area contributed by atoms with Crippen LogP contribution >= 0.6 is 23.4 Å². The number of hydrogen-bond donors (Lipinski definition) is 1. The zero-order valence-corrected chi connectivity index (χ0v) is 16.5. The number of halogens is 1. The molecule has 0 fully saturated rings. The maximum Gasteiger partial charge on any atom is 0.258 e. The SMILES string of the molecule is CC(C)c1noc(-c2ccnc(SCC(=O)NCc3cccc(Cl)c3)c2)n1. The van der Waals surface area contributed by atoms with E-state index in [4.69, 9.17) is 16.1 Å². The number of amides is 1. The summed E-state index contributed by atoms with van der Waals surface area (Å²) in [5.41, 5.74) is 1.74. The lowest BCUT2D eigenvalue weighted by atomic mass is 10.2. The third-order valence-electron chi connectivity index (χ3n) is 3.67. The first-order chi connectivity index (χ1) is 13.0. The lowest BCUT2D eigenvalue weighted by molar-refractivity contribution is -0.118. The van der Waals surface area contributed by atoms with E-state index >= 15 is 0 Å². The van der Waals surface area contributed by atoms with Gasteiger partial charge in [-0.25, -0.2) is 4.98 Å². The normalized spacial score (nSPS) is 11.0. The van der Waals surface area contributed by atoms with Gasteiger partial charge in [-0.1, -0.05) is 54.5 Å². The quantitative estimate of drug-likeness (QED) is 0.593. The molecule has 0 radical (unpaired) electrons. The van der Waals surface area contributed by atoms with Crippen LogP contribution in [0.15, 0.2) is 52.1 Å². The fourth-order valence-corrected chi connectivity index (χ4v) is 3.19. The number of pyridine rings is 1. The van der Waals surface area contributed by atoms with Crippen molar-refractivity contribution in [3.05, 3.63) is 59.0 Å². The van der Waals surface area contributed by atoms with Gasteiger partial charge in [0.05, 0.1) is 10.8 Å². The number of rotatable bonds is 7. The Kier molecular flexibility index (Phi) is 6.47. The average molecular weight is 403 g/mol. The van der Waals surface area contributed by atoms with Crippen LogP contribution in [0.25, 0.3) is 11.5 Å². The maximum absolute atomic E-state index is 12.1. The van der Waals surface area contributed by atoms with Crippen molar-refractivity contribution in [3.8, 4) is 11.5 Å². The van der Waals surface area contributed by atoms with Gasteiger partial charge >= 0.3 is 0 Å². The zero-order chi connectivity index (χ0) is 19.2. The number of nitrogens with zero attached hydrogens (tertiary/aromatic N) is 3. The first kappa shape index (κ1) is 19.4. The highest BCUT2D eigenvalue weighted by molar-refractivity contribution is 7.99. The summed E-state index contributed by atoms with van der Waals surface area (Å²) in [6.45, 7) is 4.45. The van der Waals surface area contributed by atoms with Gasteiger partial charge in [0.15, 0.2) is 5.82 Å². The van der Waals surface area contributed by atoms with Crippen LogP contribution in [0.5, 0.6) is 0 Å². The number of aromatic nitrogens is 3. The molecule has 0 aliphatic carbocycles. The molecule has 27 heavy (non-hydrogen) atoms. The summed E-state index contributed by atoms with van der Waals surface area (Å²) in [5.74, 6) is 1.50. The molecule has 0 aliphatic rings. The van der Waals surface area contributed by atoms with E-state index in [-0.39, 0.29) is 17.6 Å². The molecule has 0 atom stereocenters. The summed E-state index contributed by atoms with van der Waals surface area (Å²) >= 11 is 7.29. The van der Waals surface area contributed by atoms with Gasteiger partial charge in [-0.2, -0.15) is 4.98 Å². The minimum atomic E-state index is -0.0768. The van der Waals surface area contributed by atoms with Gasteiger partial charge in [-0.05, 0) is 29.8 Å². The number of nitrogens with one attached hydrogen (secondary N) is 1. The molecule has 3 aromatic rings. The molecule has 0 bridgehead atoms. The van der Waals surface area contributed by atoms with Crippen molar-refractivity contribution in [3.63, 3.8) is 0 Å². The summed E-state index contributed by atoms with van der Waals surface area (Å²) in [5, 5.41) is 8.21. The molecule has 0 spiro atoms. The third kappa shape index (κ3) is 5.55. The molecular weight excluding hydrogens is 384 g/mol. The minimum absolute atomic E-state index is 0.0768. The topological polar surface area (TPSA) is 80.9 Å². The lowest BCUT2D eigenvalue weighted by Gasteiger charge is -2.06. The minimum Gasteiger partial charge on any atom is -0.351 e. The molecule has 0 unspecified atom stereocenters. The fraction of sp³-hybridized carbons (Fsp3) is 0.263. The molecule has 1 aromatic carbocycles. The maximum atomic E-state index is 12.1. The van der Waals surface area contributed by atoms with Crippen LogP contribution in [0, 0.1) is 0 Å². The summed E-state index contributed by atoms with van der Waals surface area (Å²) in [7, 11) is 0. The molecule has 0 aliphatic heterocycles. The zero-order valence-electron chi connectivity index (χ0n) is 15.0. The van der Waals surface area contributed by atoms with Crippen molar-refractivity contribution in [1.82, 2.24) is 20.4 Å². The second kappa shape index (κ2) is 9.01. The van der Waals surface area contributed by atoms with Crippen LogP contribution in [-0.4, -0.2) is 26.8 Å². The summed E-state index contributed by atoms with van der Waals surface area (Å²) in [6, 6.07) is 11.1. The Morgan fingerprint density at radius 2 is 2.15 bits per heavy atom. The van der Waals surface area contributed by atoms with Crippen molar-refractivity contribution in [2.45, 2.75) is 31.3 Å². The monoisotopic (exact) mass is 402 g/mol. The van der Waals surface area contributed by atoms with Gasteiger partial charge in [0.1, 0.15) is 0 Å². The van der Waals surface area contributed by atoms with E-state index in [0.29, 0.717) is 23.3 Å². The van der Waals surface area contributed by atoms with Crippen molar-refractivity contribution in [2.75, 3.05) is 5.75 Å². The molecule has 0 saturated carbocycles. The van der Waals surface area contributed by atoms with Crippen LogP contribution in [0.4, 0.5) is 0 Å². The van der Waals surface area contributed by atoms with E-state index in [1.807, 2.05) is 38.1 Å². The lowest BCUT2D eigenvalue weighted by Crippen LogP contribution is -2.24.